The lowest BCUT2D eigenvalue weighted by molar-refractivity contribution is -0.167. The average Bonchev–Trinajstić information content (AvgIpc) is 3.13. The molecule has 0 bridgehead atoms. The summed E-state index contributed by atoms with van der Waals surface area (Å²) in [6, 6.07) is 0.436. The fourth-order valence-corrected chi connectivity index (χ4v) is 6.23. The van der Waals surface area contributed by atoms with Crippen molar-refractivity contribution in [3.8, 4) is 0 Å². The lowest BCUT2D eigenvalue weighted by Crippen LogP contribution is -2.65. The van der Waals surface area contributed by atoms with Crippen LogP contribution < -0.4 is 0 Å². The fourth-order valence-electron chi connectivity index (χ4n) is 6.23. The molecule has 3 aliphatic heterocycles. The summed E-state index contributed by atoms with van der Waals surface area (Å²) >= 11 is 0. The lowest BCUT2D eigenvalue weighted by atomic mass is 9.73. The maximum absolute atomic E-state index is 13.7. The number of carbonyl (C=O) groups excluding carboxylic acids is 2. The van der Waals surface area contributed by atoms with Gasteiger partial charge >= 0.3 is 5.97 Å². The Morgan fingerprint density at radius 1 is 1.22 bits per heavy atom. The second kappa shape index (κ2) is 6.47. The van der Waals surface area contributed by atoms with Crippen molar-refractivity contribution >= 4 is 11.8 Å². The van der Waals surface area contributed by atoms with E-state index in [1.54, 1.807) is 14.0 Å². The summed E-state index contributed by atoms with van der Waals surface area (Å²) in [6.07, 6.45) is 8.48. The molecule has 0 aromatic carbocycles. The van der Waals surface area contributed by atoms with Gasteiger partial charge in [0.1, 0.15) is 0 Å². The molecular formula is C22H31NO4. The minimum atomic E-state index is -1.31. The molecule has 0 amide bonds. The molecule has 148 valence electrons. The molecule has 0 aromatic heterocycles. The quantitative estimate of drug-likeness (QED) is 0.704. The van der Waals surface area contributed by atoms with Crippen molar-refractivity contribution in [3.63, 3.8) is 0 Å². The van der Waals surface area contributed by atoms with Crippen LogP contribution in [0.25, 0.3) is 0 Å². The molecule has 2 fully saturated rings. The molecule has 0 N–H and O–H groups in total. The van der Waals surface area contributed by atoms with Gasteiger partial charge in [-0.3, -0.25) is 9.69 Å². The second-order valence-electron chi connectivity index (χ2n) is 8.51. The minimum absolute atomic E-state index is 0.0670. The monoisotopic (exact) mass is 373 g/mol. The number of Topliss-reactive ketones (excluding diaryl/α,β-unsaturated/α-hetero) is 1. The number of esters is 1. The van der Waals surface area contributed by atoms with E-state index in [1.807, 2.05) is 6.92 Å². The third kappa shape index (κ3) is 2.15. The van der Waals surface area contributed by atoms with Crippen LogP contribution in [0.15, 0.2) is 22.5 Å². The number of ether oxygens (including phenoxy) is 2. The zero-order valence-electron chi connectivity index (χ0n) is 17.0. The van der Waals surface area contributed by atoms with Gasteiger partial charge in [-0.15, -0.1) is 0 Å². The minimum Gasteiger partial charge on any atom is -0.496 e. The number of methoxy groups -OCH3 is 1. The zero-order valence-corrected chi connectivity index (χ0v) is 17.0. The van der Waals surface area contributed by atoms with E-state index in [2.05, 4.69) is 11.8 Å². The number of rotatable bonds is 4. The van der Waals surface area contributed by atoms with E-state index in [1.165, 1.54) is 18.4 Å². The highest BCUT2D eigenvalue weighted by molar-refractivity contribution is 6.14. The number of carbonyl (C=O) groups is 2. The first-order valence-electron chi connectivity index (χ1n) is 10.5. The third-order valence-corrected chi connectivity index (χ3v) is 7.35. The molecule has 0 aromatic rings. The maximum Gasteiger partial charge on any atom is 0.338 e. The summed E-state index contributed by atoms with van der Waals surface area (Å²) in [5.74, 6) is -0.0395. The molecule has 3 heterocycles. The Morgan fingerprint density at radius 3 is 2.70 bits per heavy atom. The predicted molar refractivity (Wildman–Crippen MR) is 102 cm³/mol. The van der Waals surface area contributed by atoms with Crippen molar-refractivity contribution in [2.24, 2.45) is 0 Å². The first kappa shape index (κ1) is 18.7. The zero-order chi connectivity index (χ0) is 19.4. The summed E-state index contributed by atoms with van der Waals surface area (Å²) in [7, 11) is 1.56. The smallest absolute Gasteiger partial charge is 0.338 e. The average molecular weight is 373 g/mol. The van der Waals surface area contributed by atoms with Crippen LogP contribution in [0.5, 0.6) is 0 Å². The van der Waals surface area contributed by atoms with Gasteiger partial charge in [0.05, 0.1) is 18.2 Å². The SMILES string of the molecule is CCCCC1CCC23C(=C(C)C(=O)C24OC(=O)C(C)=C4OC)CCCCN13. The van der Waals surface area contributed by atoms with Crippen molar-refractivity contribution in [2.75, 3.05) is 13.7 Å². The molecule has 5 heteroatoms. The first-order valence-corrected chi connectivity index (χ1v) is 10.5. The number of unbranched alkanes of at least 4 members (excludes halogenated alkanes) is 1. The van der Waals surface area contributed by atoms with Crippen LogP contribution in [0, 0.1) is 0 Å². The van der Waals surface area contributed by atoms with E-state index in [4.69, 9.17) is 9.47 Å². The van der Waals surface area contributed by atoms with E-state index in [9.17, 15) is 9.59 Å². The van der Waals surface area contributed by atoms with Gasteiger partial charge < -0.3 is 9.47 Å². The maximum atomic E-state index is 13.7. The summed E-state index contributed by atoms with van der Waals surface area (Å²) in [5.41, 5.74) is 0.557. The van der Waals surface area contributed by atoms with E-state index in [0.717, 1.165) is 50.6 Å². The number of hydrogen-bond donors (Lipinski definition) is 0. The summed E-state index contributed by atoms with van der Waals surface area (Å²) in [6.45, 7) is 6.81. The van der Waals surface area contributed by atoms with E-state index in [-0.39, 0.29) is 5.78 Å². The largest absolute Gasteiger partial charge is 0.496 e. The van der Waals surface area contributed by atoms with Crippen LogP contribution in [0.4, 0.5) is 0 Å². The molecule has 2 saturated heterocycles. The molecule has 0 radical (unpaired) electrons. The fraction of sp³-hybridized carbons (Fsp3) is 0.727. The number of ketones is 1. The van der Waals surface area contributed by atoms with E-state index >= 15 is 0 Å². The third-order valence-electron chi connectivity index (χ3n) is 7.35. The predicted octanol–water partition coefficient (Wildman–Crippen LogP) is 3.68. The standard InChI is InChI=1S/C22H31NO4/c1-5-6-9-16-11-12-21-17(10-7-8-13-23(16)21)14(2)18(24)22(21)19(26-4)15(3)20(25)27-22/h16H,5-13H2,1-4H3. The van der Waals surface area contributed by atoms with Crippen molar-refractivity contribution in [1.29, 1.82) is 0 Å². The van der Waals surface area contributed by atoms with Gasteiger partial charge in [0, 0.05) is 6.04 Å². The molecule has 1 aliphatic carbocycles. The van der Waals surface area contributed by atoms with Crippen molar-refractivity contribution in [2.45, 2.75) is 89.3 Å². The van der Waals surface area contributed by atoms with Gasteiger partial charge in [0.15, 0.2) is 5.76 Å². The normalized spacial score (nSPS) is 36.4. The van der Waals surface area contributed by atoms with Crippen LogP contribution in [0.1, 0.15) is 72.1 Å². The molecule has 5 nitrogen and oxygen atoms in total. The lowest BCUT2D eigenvalue weighted by Gasteiger charge is -2.47. The Hall–Kier alpha value is -1.62. The molecule has 4 aliphatic rings. The molecular weight excluding hydrogens is 342 g/mol. The summed E-state index contributed by atoms with van der Waals surface area (Å²) in [4.78, 5) is 28.8. The number of hydrogen-bond acceptors (Lipinski definition) is 5. The van der Waals surface area contributed by atoms with Gasteiger partial charge in [0.25, 0.3) is 5.60 Å². The Morgan fingerprint density at radius 2 is 2.00 bits per heavy atom. The van der Waals surface area contributed by atoms with Gasteiger partial charge in [0.2, 0.25) is 5.78 Å². The Bertz CT molecular complexity index is 751. The Balaban J connectivity index is 1.92. The highest BCUT2D eigenvalue weighted by Gasteiger charge is 2.75. The molecule has 2 spiro atoms. The van der Waals surface area contributed by atoms with Crippen molar-refractivity contribution in [1.82, 2.24) is 4.90 Å². The van der Waals surface area contributed by atoms with Crippen LogP contribution in [0.2, 0.25) is 0 Å². The molecule has 4 rings (SSSR count). The van der Waals surface area contributed by atoms with Crippen molar-refractivity contribution < 1.29 is 19.1 Å². The van der Waals surface area contributed by atoms with Gasteiger partial charge in [-0.2, -0.15) is 0 Å². The van der Waals surface area contributed by atoms with Gasteiger partial charge in [-0.25, -0.2) is 4.79 Å². The van der Waals surface area contributed by atoms with Gasteiger partial charge in [-0.05, 0) is 70.1 Å². The molecule has 0 saturated carbocycles. The molecule has 3 atom stereocenters. The Labute approximate surface area is 161 Å². The Kier molecular flexibility index (Phi) is 4.49. The topological polar surface area (TPSA) is 55.8 Å². The second-order valence-corrected chi connectivity index (χ2v) is 8.51. The highest BCUT2D eigenvalue weighted by atomic mass is 16.6. The van der Waals surface area contributed by atoms with Crippen LogP contribution in [0.3, 0.4) is 0 Å². The summed E-state index contributed by atoms with van der Waals surface area (Å²) < 4.78 is 11.7. The van der Waals surface area contributed by atoms with Crippen molar-refractivity contribution in [3.05, 3.63) is 22.5 Å². The molecule has 3 unspecified atom stereocenters. The van der Waals surface area contributed by atoms with Gasteiger partial charge in [-0.1, -0.05) is 19.8 Å². The first-order chi connectivity index (χ1) is 13.0. The van der Waals surface area contributed by atoms with Crippen LogP contribution in [-0.2, 0) is 19.1 Å². The van der Waals surface area contributed by atoms with Crippen LogP contribution >= 0.6 is 0 Å². The summed E-state index contributed by atoms with van der Waals surface area (Å²) in [5, 5.41) is 0. The van der Waals surface area contributed by atoms with Crippen LogP contribution in [-0.4, -0.2) is 47.5 Å². The highest BCUT2D eigenvalue weighted by Crippen LogP contribution is 2.61. The molecule has 27 heavy (non-hydrogen) atoms. The van der Waals surface area contributed by atoms with E-state index in [0.29, 0.717) is 17.4 Å². The van der Waals surface area contributed by atoms with E-state index < -0.39 is 17.1 Å². The number of nitrogens with zero attached hydrogens (tertiary/aromatic N) is 1.